The van der Waals surface area contributed by atoms with E-state index in [4.69, 9.17) is 9.47 Å². The summed E-state index contributed by atoms with van der Waals surface area (Å²) in [6.45, 7) is 0. The summed E-state index contributed by atoms with van der Waals surface area (Å²) in [5, 5.41) is 15.3. The second-order valence-electron chi connectivity index (χ2n) is 6.05. The zero-order valence-corrected chi connectivity index (χ0v) is 14.4. The van der Waals surface area contributed by atoms with Crippen molar-refractivity contribution in [2.75, 3.05) is 19.5 Å². The molecule has 0 unspecified atom stereocenters. The van der Waals surface area contributed by atoms with E-state index in [1.54, 1.807) is 31.0 Å². The summed E-state index contributed by atoms with van der Waals surface area (Å²) in [6, 6.07) is 11.9. The molecular weight excluding hydrogens is 337 g/mol. The maximum Gasteiger partial charge on any atom is 0.243 e. The van der Waals surface area contributed by atoms with E-state index < -0.39 is 0 Å². The Bertz CT molecular complexity index is 912. The minimum atomic E-state index is -0.264. The number of hydrogen-bond acceptors (Lipinski definition) is 6. The molecule has 1 aliphatic rings. The van der Waals surface area contributed by atoms with Gasteiger partial charge in [0, 0.05) is 5.56 Å². The van der Waals surface area contributed by atoms with E-state index in [1.807, 2.05) is 18.2 Å². The summed E-state index contributed by atoms with van der Waals surface area (Å²) in [7, 11) is 3.25. The van der Waals surface area contributed by atoms with Crippen molar-refractivity contribution in [3.63, 3.8) is 0 Å². The molecule has 0 saturated carbocycles. The average Bonchev–Trinajstić information content (AvgIpc) is 3.16. The van der Waals surface area contributed by atoms with Gasteiger partial charge in [-0.1, -0.05) is 17.2 Å². The van der Waals surface area contributed by atoms with Crippen molar-refractivity contribution in [1.29, 1.82) is 0 Å². The number of aromatic nitrogens is 4. The summed E-state index contributed by atoms with van der Waals surface area (Å²) in [5.74, 6) is 1.75. The third-order valence-corrected chi connectivity index (χ3v) is 4.62. The Morgan fingerprint density at radius 3 is 2.65 bits per heavy atom. The second kappa shape index (κ2) is 6.62. The Balaban J connectivity index is 1.77. The van der Waals surface area contributed by atoms with Gasteiger partial charge in [-0.15, -0.1) is 0 Å². The molecule has 1 N–H and O–H groups in total. The van der Waals surface area contributed by atoms with Crippen LogP contribution in [-0.4, -0.2) is 34.4 Å². The van der Waals surface area contributed by atoms with Crippen LogP contribution in [0.1, 0.15) is 29.6 Å². The molecule has 0 spiro atoms. The van der Waals surface area contributed by atoms with Crippen LogP contribution in [0.2, 0.25) is 0 Å². The smallest absolute Gasteiger partial charge is 0.243 e. The van der Waals surface area contributed by atoms with E-state index in [0.29, 0.717) is 12.4 Å². The maximum atomic E-state index is 13.3. The minimum Gasteiger partial charge on any atom is -0.497 e. The minimum absolute atomic E-state index is 0.0602. The number of ether oxygens (including phenoxy) is 2. The lowest BCUT2D eigenvalue weighted by molar-refractivity contribution is 0.371. The van der Waals surface area contributed by atoms with Gasteiger partial charge in [0.15, 0.2) is 0 Å². The molecule has 4 rings (SSSR count). The number of rotatable bonds is 4. The first-order valence-electron chi connectivity index (χ1n) is 8.21. The molecule has 0 radical (unpaired) electrons. The number of halogens is 1. The molecule has 134 valence electrons. The predicted octanol–water partition coefficient (Wildman–Crippen LogP) is 2.98. The number of nitrogens with zero attached hydrogens (tertiary/aromatic N) is 4. The molecule has 0 saturated heterocycles. The van der Waals surface area contributed by atoms with Gasteiger partial charge in [0.1, 0.15) is 17.3 Å². The van der Waals surface area contributed by atoms with Gasteiger partial charge in [-0.05, 0) is 52.7 Å². The predicted molar refractivity (Wildman–Crippen MR) is 92.9 cm³/mol. The SMILES string of the molecule is COc1ccc(OC)c([C@@H]2C[C@H](c3ccc(F)cc3)Nc3nnnn32)c1. The van der Waals surface area contributed by atoms with Crippen molar-refractivity contribution in [2.24, 2.45) is 0 Å². The summed E-state index contributed by atoms with van der Waals surface area (Å²) < 4.78 is 25.9. The molecule has 0 amide bonds. The lowest BCUT2D eigenvalue weighted by atomic mass is 9.92. The van der Waals surface area contributed by atoms with Gasteiger partial charge in [-0.2, -0.15) is 0 Å². The van der Waals surface area contributed by atoms with Crippen LogP contribution in [0.15, 0.2) is 42.5 Å². The molecular formula is C18H18FN5O2. The van der Waals surface area contributed by atoms with Crippen LogP contribution in [0.3, 0.4) is 0 Å². The molecule has 2 aromatic carbocycles. The number of tetrazole rings is 1. The van der Waals surface area contributed by atoms with Gasteiger partial charge in [-0.25, -0.2) is 9.07 Å². The first-order chi connectivity index (χ1) is 12.7. The highest BCUT2D eigenvalue weighted by Crippen LogP contribution is 2.41. The quantitative estimate of drug-likeness (QED) is 0.776. The molecule has 0 aliphatic carbocycles. The van der Waals surface area contributed by atoms with Crippen LogP contribution in [0.4, 0.5) is 10.3 Å². The molecule has 2 heterocycles. The van der Waals surface area contributed by atoms with Crippen molar-refractivity contribution in [1.82, 2.24) is 20.2 Å². The topological polar surface area (TPSA) is 74.1 Å². The summed E-state index contributed by atoms with van der Waals surface area (Å²) in [6.07, 6.45) is 0.674. The van der Waals surface area contributed by atoms with Gasteiger partial charge < -0.3 is 14.8 Å². The number of methoxy groups -OCH3 is 2. The van der Waals surface area contributed by atoms with Crippen molar-refractivity contribution in [3.8, 4) is 11.5 Å². The first-order valence-corrected chi connectivity index (χ1v) is 8.21. The normalized spacial score (nSPS) is 18.7. The molecule has 1 aliphatic heterocycles. The zero-order chi connectivity index (χ0) is 18.1. The van der Waals surface area contributed by atoms with Crippen LogP contribution in [0.25, 0.3) is 0 Å². The van der Waals surface area contributed by atoms with Crippen LogP contribution < -0.4 is 14.8 Å². The molecule has 0 bridgehead atoms. The fourth-order valence-corrected chi connectivity index (χ4v) is 3.31. The van der Waals surface area contributed by atoms with Crippen molar-refractivity contribution < 1.29 is 13.9 Å². The molecule has 3 aromatic rings. The lowest BCUT2D eigenvalue weighted by Crippen LogP contribution is -2.28. The third kappa shape index (κ3) is 2.83. The molecule has 2 atom stereocenters. The van der Waals surface area contributed by atoms with Crippen LogP contribution in [0.5, 0.6) is 11.5 Å². The van der Waals surface area contributed by atoms with Gasteiger partial charge in [-0.3, -0.25) is 0 Å². The zero-order valence-electron chi connectivity index (χ0n) is 14.4. The second-order valence-corrected chi connectivity index (χ2v) is 6.05. The third-order valence-electron chi connectivity index (χ3n) is 4.62. The van der Waals surface area contributed by atoms with Crippen molar-refractivity contribution in [2.45, 2.75) is 18.5 Å². The van der Waals surface area contributed by atoms with E-state index in [1.165, 1.54) is 12.1 Å². The first kappa shape index (κ1) is 16.3. The summed E-state index contributed by atoms with van der Waals surface area (Å²) >= 11 is 0. The fraction of sp³-hybridized carbons (Fsp3) is 0.278. The van der Waals surface area contributed by atoms with E-state index in [2.05, 4.69) is 20.8 Å². The van der Waals surface area contributed by atoms with Crippen molar-refractivity contribution in [3.05, 3.63) is 59.4 Å². The van der Waals surface area contributed by atoms with Crippen LogP contribution in [0, 0.1) is 5.82 Å². The van der Waals surface area contributed by atoms with Gasteiger partial charge in [0.2, 0.25) is 5.95 Å². The maximum absolute atomic E-state index is 13.3. The summed E-state index contributed by atoms with van der Waals surface area (Å²) in [5.41, 5.74) is 1.89. The Morgan fingerprint density at radius 2 is 1.92 bits per heavy atom. The monoisotopic (exact) mass is 355 g/mol. The number of anilines is 1. The van der Waals surface area contributed by atoms with Crippen molar-refractivity contribution >= 4 is 5.95 Å². The van der Waals surface area contributed by atoms with Gasteiger partial charge in [0.05, 0.1) is 26.3 Å². The van der Waals surface area contributed by atoms with Crippen LogP contribution in [-0.2, 0) is 0 Å². The van der Waals surface area contributed by atoms with E-state index in [9.17, 15) is 4.39 Å². The number of hydrogen-bond donors (Lipinski definition) is 1. The summed E-state index contributed by atoms with van der Waals surface area (Å²) in [4.78, 5) is 0. The van der Waals surface area contributed by atoms with Crippen LogP contribution >= 0.6 is 0 Å². The molecule has 1 aromatic heterocycles. The van der Waals surface area contributed by atoms with E-state index in [0.717, 1.165) is 22.6 Å². The molecule has 8 heteroatoms. The van der Waals surface area contributed by atoms with E-state index >= 15 is 0 Å². The van der Waals surface area contributed by atoms with Gasteiger partial charge >= 0.3 is 0 Å². The Kier molecular flexibility index (Phi) is 4.16. The number of benzene rings is 2. The molecule has 26 heavy (non-hydrogen) atoms. The molecule has 0 fully saturated rings. The Labute approximate surface area is 149 Å². The standard InChI is InChI=1S/C18H18FN5O2/c1-25-13-7-8-17(26-2)14(9-13)16-10-15(11-3-5-12(19)6-4-11)20-18-21-22-23-24(16)18/h3-9,15-16H,10H2,1-2H3,(H,20,21,23)/t15-,16+/m1/s1. The Morgan fingerprint density at radius 1 is 1.12 bits per heavy atom. The lowest BCUT2D eigenvalue weighted by Gasteiger charge is -2.31. The largest absolute Gasteiger partial charge is 0.497 e. The number of fused-ring (bicyclic) bond motifs is 1. The van der Waals surface area contributed by atoms with E-state index in [-0.39, 0.29) is 17.9 Å². The van der Waals surface area contributed by atoms with Gasteiger partial charge in [0.25, 0.3) is 0 Å². The fourth-order valence-electron chi connectivity index (χ4n) is 3.31. The number of nitrogens with one attached hydrogen (secondary N) is 1. The highest BCUT2D eigenvalue weighted by Gasteiger charge is 2.32. The Hall–Kier alpha value is -3.16. The highest BCUT2D eigenvalue weighted by atomic mass is 19.1. The highest BCUT2D eigenvalue weighted by molar-refractivity contribution is 5.45. The average molecular weight is 355 g/mol. The molecule has 7 nitrogen and oxygen atoms in total.